The van der Waals surface area contributed by atoms with Crippen molar-refractivity contribution in [1.82, 2.24) is 4.90 Å². The molecule has 0 radical (unpaired) electrons. The molecule has 1 amide bonds. The molecule has 4 heteroatoms. The van der Waals surface area contributed by atoms with Gasteiger partial charge in [-0.1, -0.05) is 0 Å². The van der Waals surface area contributed by atoms with Gasteiger partial charge >= 0.3 is 0 Å². The first-order valence-corrected chi connectivity index (χ1v) is 6.17. The second kappa shape index (κ2) is 5.19. The van der Waals surface area contributed by atoms with Crippen LogP contribution in [0, 0.1) is 17.2 Å². The predicted octanol–water partition coefficient (Wildman–Crippen LogP) is 1.37. The summed E-state index contributed by atoms with van der Waals surface area (Å²) in [5.41, 5.74) is 7.07. The van der Waals surface area contributed by atoms with Crippen LogP contribution in [0.2, 0.25) is 0 Å². The van der Waals surface area contributed by atoms with Gasteiger partial charge in [0.2, 0.25) is 0 Å². The minimum atomic E-state index is 0.0302. The number of nitrogens with two attached hydrogens (primary N) is 1. The van der Waals surface area contributed by atoms with Crippen LogP contribution in [-0.2, 0) is 0 Å². The Labute approximate surface area is 107 Å². The Hall–Kier alpha value is -1.86. The van der Waals surface area contributed by atoms with Gasteiger partial charge in [0.1, 0.15) is 0 Å². The van der Waals surface area contributed by atoms with Crippen LogP contribution in [0.25, 0.3) is 0 Å². The predicted molar refractivity (Wildman–Crippen MR) is 68.8 cm³/mol. The first-order valence-electron chi connectivity index (χ1n) is 6.17. The monoisotopic (exact) mass is 243 g/mol. The van der Waals surface area contributed by atoms with Crippen molar-refractivity contribution >= 4 is 5.91 Å². The minimum absolute atomic E-state index is 0.0302. The summed E-state index contributed by atoms with van der Waals surface area (Å²) in [4.78, 5) is 14.1. The fourth-order valence-electron chi connectivity index (χ4n) is 2.27. The summed E-state index contributed by atoms with van der Waals surface area (Å²) in [5.74, 6) is 0.426. The van der Waals surface area contributed by atoms with E-state index in [1.807, 2.05) is 17.9 Å². The van der Waals surface area contributed by atoms with Crippen molar-refractivity contribution in [3.05, 3.63) is 35.4 Å². The highest BCUT2D eigenvalue weighted by Gasteiger charge is 2.28. The van der Waals surface area contributed by atoms with Crippen LogP contribution in [0.5, 0.6) is 0 Å². The maximum atomic E-state index is 12.2. The molecule has 1 fully saturated rings. The highest BCUT2D eigenvalue weighted by molar-refractivity contribution is 5.94. The molecule has 2 unspecified atom stereocenters. The molecule has 0 aliphatic carbocycles. The van der Waals surface area contributed by atoms with Gasteiger partial charge in [-0.15, -0.1) is 0 Å². The normalized spacial score (nSPS) is 20.5. The second-order valence-corrected chi connectivity index (χ2v) is 4.85. The maximum Gasteiger partial charge on any atom is 0.253 e. The zero-order chi connectivity index (χ0) is 13.1. The molecule has 0 spiro atoms. The molecule has 1 heterocycles. The number of carbonyl (C=O) groups excluding carboxylic acids is 1. The number of nitrogens with zero attached hydrogens (tertiary/aromatic N) is 2. The van der Waals surface area contributed by atoms with Crippen LogP contribution in [0.4, 0.5) is 0 Å². The van der Waals surface area contributed by atoms with E-state index in [4.69, 9.17) is 11.0 Å². The van der Waals surface area contributed by atoms with Crippen LogP contribution in [0.3, 0.4) is 0 Å². The van der Waals surface area contributed by atoms with E-state index in [2.05, 4.69) is 0 Å². The van der Waals surface area contributed by atoms with Gasteiger partial charge in [-0.2, -0.15) is 5.26 Å². The van der Waals surface area contributed by atoms with E-state index in [9.17, 15) is 4.79 Å². The van der Waals surface area contributed by atoms with E-state index in [1.165, 1.54) is 0 Å². The molecule has 2 rings (SSSR count). The van der Waals surface area contributed by atoms with E-state index in [-0.39, 0.29) is 11.9 Å². The summed E-state index contributed by atoms with van der Waals surface area (Å²) >= 11 is 0. The van der Waals surface area contributed by atoms with Crippen LogP contribution in [0.1, 0.15) is 29.3 Å². The van der Waals surface area contributed by atoms with Crippen molar-refractivity contribution in [1.29, 1.82) is 5.26 Å². The highest BCUT2D eigenvalue weighted by Crippen LogP contribution is 2.20. The summed E-state index contributed by atoms with van der Waals surface area (Å²) in [5, 5.41) is 8.72. The van der Waals surface area contributed by atoms with Gasteiger partial charge in [0, 0.05) is 24.7 Å². The Morgan fingerprint density at radius 3 is 2.67 bits per heavy atom. The minimum Gasteiger partial charge on any atom is -0.338 e. The van der Waals surface area contributed by atoms with Gasteiger partial charge in [0.25, 0.3) is 5.91 Å². The molecular weight excluding hydrogens is 226 g/mol. The van der Waals surface area contributed by atoms with Crippen molar-refractivity contribution < 1.29 is 4.79 Å². The lowest BCUT2D eigenvalue weighted by atomic mass is 10.0. The zero-order valence-electron chi connectivity index (χ0n) is 10.5. The molecule has 1 saturated heterocycles. The van der Waals surface area contributed by atoms with Crippen molar-refractivity contribution in [3.63, 3.8) is 0 Å². The average molecular weight is 243 g/mol. The lowest BCUT2D eigenvalue weighted by molar-refractivity contribution is 0.0786. The third kappa shape index (κ3) is 2.52. The van der Waals surface area contributed by atoms with Gasteiger partial charge < -0.3 is 10.6 Å². The molecule has 0 saturated carbocycles. The van der Waals surface area contributed by atoms with Crippen LogP contribution in [0.15, 0.2) is 24.3 Å². The number of rotatable bonds is 2. The first kappa shape index (κ1) is 12.6. The largest absolute Gasteiger partial charge is 0.338 e. The summed E-state index contributed by atoms with van der Waals surface area (Å²) in [6, 6.07) is 8.93. The molecule has 1 aliphatic heterocycles. The Morgan fingerprint density at radius 2 is 2.17 bits per heavy atom. The molecule has 1 aromatic carbocycles. The lowest BCUT2D eigenvalue weighted by Crippen LogP contribution is -2.32. The van der Waals surface area contributed by atoms with Crippen LogP contribution in [-0.4, -0.2) is 29.9 Å². The van der Waals surface area contributed by atoms with E-state index in [1.54, 1.807) is 24.3 Å². The second-order valence-electron chi connectivity index (χ2n) is 4.85. The summed E-state index contributed by atoms with van der Waals surface area (Å²) in [6.07, 6.45) is 0.972. The fourth-order valence-corrected chi connectivity index (χ4v) is 2.27. The van der Waals surface area contributed by atoms with Gasteiger partial charge in [-0.3, -0.25) is 4.79 Å². The van der Waals surface area contributed by atoms with Gasteiger partial charge in [-0.05, 0) is 43.5 Å². The van der Waals surface area contributed by atoms with Gasteiger partial charge in [-0.25, -0.2) is 0 Å². The van der Waals surface area contributed by atoms with Crippen LogP contribution >= 0.6 is 0 Å². The molecule has 1 aromatic rings. The highest BCUT2D eigenvalue weighted by atomic mass is 16.2. The molecule has 18 heavy (non-hydrogen) atoms. The molecule has 1 aliphatic rings. The molecular formula is C14H17N3O. The van der Waals surface area contributed by atoms with Crippen molar-refractivity contribution in [2.75, 3.05) is 13.1 Å². The van der Waals surface area contributed by atoms with E-state index >= 15 is 0 Å². The Kier molecular flexibility index (Phi) is 3.63. The molecule has 2 N–H and O–H groups in total. The Balaban J connectivity index is 2.06. The standard InChI is InChI=1S/C14H17N3O/c1-10(16)13-6-7-17(9-13)14(18)12-4-2-11(8-15)3-5-12/h2-5,10,13H,6-7,9,16H2,1H3. The SMILES string of the molecule is CC(N)C1CCN(C(=O)c2ccc(C#N)cc2)C1. The quantitative estimate of drug-likeness (QED) is 0.852. The summed E-state index contributed by atoms with van der Waals surface area (Å²) in [6.45, 7) is 3.49. The first-order chi connectivity index (χ1) is 8.61. The maximum absolute atomic E-state index is 12.2. The molecule has 0 bridgehead atoms. The lowest BCUT2D eigenvalue weighted by Gasteiger charge is -2.18. The Morgan fingerprint density at radius 1 is 1.50 bits per heavy atom. The van der Waals surface area contributed by atoms with E-state index < -0.39 is 0 Å². The number of hydrogen-bond acceptors (Lipinski definition) is 3. The van der Waals surface area contributed by atoms with Gasteiger partial charge in [0.05, 0.1) is 11.6 Å². The average Bonchev–Trinajstić information content (AvgIpc) is 2.88. The number of likely N-dealkylation sites (tertiary alicyclic amines) is 1. The Bertz CT molecular complexity index is 473. The zero-order valence-corrected chi connectivity index (χ0v) is 10.5. The van der Waals surface area contributed by atoms with Gasteiger partial charge in [0.15, 0.2) is 0 Å². The molecule has 0 aromatic heterocycles. The smallest absolute Gasteiger partial charge is 0.253 e. The molecule has 4 nitrogen and oxygen atoms in total. The fraction of sp³-hybridized carbons (Fsp3) is 0.429. The number of hydrogen-bond donors (Lipinski definition) is 1. The van der Waals surface area contributed by atoms with Crippen molar-refractivity contribution in [3.8, 4) is 6.07 Å². The summed E-state index contributed by atoms with van der Waals surface area (Å²) < 4.78 is 0. The van der Waals surface area contributed by atoms with Crippen molar-refractivity contribution in [2.24, 2.45) is 11.7 Å². The summed E-state index contributed by atoms with van der Waals surface area (Å²) in [7, 11) is 0. The van der Waals surface area contributed by atoms with E-state index in [0.717, 1.165) is 19.5 Å². The van der Waals surface area contributed by atoms with Crippen molar-refractivity contribution in [2.45, 2.75) is 19.4 Å². The van der Waals surface area contributed by atoms with Crippen LogP contribution < -0.4 is 5.73 Å². The molecule has 2 atom stereocenters. The third-order valence-electron chi connectivity index (χ3n) is 3.52. The molecule has 94 valence electrons. The topological polar surface area (TPSA) is 70.1 Å². The number of carbonyl (C=O) groups is 1. The third-order valence-corrected chi connectivity index (χ3v) is 3.52. The number of amides is 1. The van der Waals surface area contributed by atoms with E-state index in [0.29, 0.717) is 17.0 Å². The number of benzene rings is 1. The number of nitriles is 1.